The van der Waals surface area contributed by atoms with E-state index >= 15 is 0 Å². The van der Waals surface area contributed by atoms with E-state index in [0.717, 1.165) is 30.2 Å². The first-order valence-electron chi connectivity index (χ1n) is 8.23. The topological polar surface area (TPSA) is 74.5 Å². The van der Waals surface area contributed by atoms with Crippen molar-refractivity contribution in [2.75, 3.05) is 27.7 Å². The van der Waals surface area contributed by atoms with Crippen molar-refractivity contribution in [3.05, 3.63) is 53.3 Å². The maximum Gasteiger partial charge on any atom is 0.253 e. The fourth-order valence-corrected chi connectivity index (χ4v) is 2.31. The SMILES string of the molecule is CN=C(NCCn1cc(C)cn1)NCc1ccc(C(=O)N(C)C)cc1. The van der Waals surface area contributed by atoms with Crippen molar-refractivity contribution in [1.82, 2.24) is 25.3 Å². The largest absolute Gasteiger partial charge is 0.355 e. The Morgan fingerprint density at radius 1 is 1.24 bits per heavy atom. The maximum absolute atomic E-state index is 11.9. The summed E-state index contributed by atoms with van der Waals surface area (Å²) in [6, 6.07) is 7.58. The average Bonchev–Trinajstić information content (AvgIpc) is 3.03. The standard InChI is InChI=1S/C18H26N6O/c1-14-11-22-24(13-14)10-9-20-18(19-2)21-12-15-5-7-16(8-6-15)17(25)23(3)4/h5-8,11,13H,9-10,12H2,1-4H3,(H2,19,20,21). The molecule has 7 heteroatoms. The maximum atomic E-state index is 11.9. The number of aryl methyl sites for hydroxylation is 1. The zero-order chi connectivity index (χ0) is 18.2. The van der Waals surface area contributed by atoms with E-state index in [1.807, 2.05) is 48.3 Å². The molecular formula is C18H26N6O. The highest BCUT2D eigenvalue weighted by Gasteiger charge is 2.07. The summed E-state index contributed by atoms with van der Waals surface area (Å²) < 4.78 is 1.90. The van der Waals surface area contributed by atoms with Crippen LogP contribution in [0.15, 0.2) is 41.7 Å². The summed E-state index contributed by atoms with van der Waals surface area (Å²) in [6.45, 7) is 4.17. The van der Waals surface area contributed by atoms with E-state index in [2.05, 4.69) is 20.7 Å². The summed E-state index contributed by atoms with van der Waals surface area (Å²) in [5.74, 6) is 0.739. The molecular weight excluding hydrogens is 316 g/mol. The van der Waals surface area contributed by atoms with Gasteiger partial charge in [-0.05, 0) is 30.2 Å². The molecule has 1 aromatic carbocycles. The lowest BCUT2D eigenvalue weighted by molar-refractivity contribution is 0.0827. The number of amides is 1. The molecule has 0 spiro atoms. The monoisotopic (exact) mass is 342 g/mol. The number of carbonyl (C=O) groups excluding carboxylic acids is 1. The molecule has 2 rings (SSSR count). The lowest BCUT2D eigenvalue weighted by Gasteiger charge is -2.13. The molecule has 7 nitrogen and oxygen atoms in total. The molecule has 0 unspecified atom stereocenters. The zero-order valence-electron chi connectivity index (χ0n) is 15.3. The molecule has 1 aromatic heterocycles. The number of rotatable bonds is 6. The normalized spacial score (nSPS) is 11.3. The summed E-state index contributed by atoms with van der Waals surface area (Å²) in [4.78, 5) is 17.7. The lowest BCUT2D eigenvalue weighted by atomic mass is 10.1. The zero-order valence-corrected chi connectivity index (χ0v) is 15.3. The minimum absolute atomic E-state index is 0.00541. The van der Waals surface area contributed by atoms with Crippen molar-refractivity contribution >= 4 is 11.9 Å². The van der Waals surface area contributed by atoms with Gasteiger partial charge in [-0.3, -0.25) is 14.5 Å². The van der Waals surface area contributed by atoms with Crippen molar-refractivity contribution in [2.45, 2.75) is 20.0 Å². The van der Waals surface area contributed by atoms with Gasteiger partial charge in [-0.25, -0.2) is 0 Å². The van der Waals surface area contributed by atoms with E-state index < -0.39 is 0 Å². The van der Waals surface area contributed by atoms with Crippen LogP contribution < -0.4 is 10.6 Å². The van der Waals surface area contributed by atoms with Crippen molar-refractivity contribution < 1.29 is 4.79 Å². The van der Waals surface area contributed by atoms with E-state index in [9.17, 15) is 4.79 Å². The van der Waals surface area contributed by atoms with E-state index in [0.29, 0.717) is 12.1 Å². The average molecular weight is 342 g/mol. The number of aliphatic imine (C=N–C) groups is 1. The molecule has 0 fully saturated rings. The molecule has 0 saturated carbocycles. The first-order valence-corrected chi connectivity index (χ1v) is 8.23. The van der Waals surface area contributed by atoms with Gasteiger partial charge in [0, 0.05) is 46.0 Å². The van der Waals surface area contributed by atoms with E-state index in [-0.39, 0.29) is 5.91 Å². The highest BCUT2D eigenvalue weighted by molar-refractivity contribution is 5.93. The Morgan fingerprint density at radius 2 is 1.96 bits per heavy atom. The van der Waals surface area contributed by atoms with Gasteiger partial charge in [0.05, 0.1) is 12.7 Å². The van der Waals surface area contributed by atoms with Crippen LogP contribution in [0.1, 0.15) is 21.5 Å². The van der Waals surface area contributed by atoms with Gasteiger partial charge in [-0.2, -0.15) is 5.10 Å². The molecule has 0 atom stereocenters. The van der Waals surface area contributed by atoms with Crippen molar-refractivity contribution in [1.29, 1.82) is 0 Å². The molecule has 2 aromatic rings. The van der Waals surface area contributed by atoms with E-state index in [1.54, 1.807) is 26.0 Å². The summed E-state index contributed by atoms with van der Waals surface area (Å²) in [7, 11) is 5.24. The van der Waals surface area contributed by atoms with Gasteiger partial charge >= 0.3 is 0 Å². The molecule has 0 aliphatic heterocycles. The second kappa shape index (κ2) is 8.86. The summed E-state index contributed by atoms with van der Waals surface area (Å²) in [5, 5.41) is 10.8. The molecule has 0 saturated heterocycles. The van der Waals surface area contributed by atoms with Crippen molar-refractivity contribution in [3.63, 3.8) is 0 Å². The Balaban J connectivity index is 1.79. The van der Waals surface area contributed by atoms with Crippen LogP contribution in [0.25, 0.3) is 0 Å². The fourth-order valence-electron chi connectivity index (χ4n) is 2.31. The van der Waals surface area contributed by atoms with Crippen LogP contribution in [-0.4, -0.2) is 54.2 Å². The summed E-state index contributed by atoms with van der Waals surface area (Å²) in [6.07, 6.45) is 3.85. The van der Waals surface area contributed by atoms with Gasteiger partial charge in [-0.15, -0.1) is 0 Å². The Kier molecular flexibility index (Phi) is 6.56. The predicted octanol–water partition coefficient (Wildman–Crippen LogP) is 1.26. The minimum Gasteiger partial charge on any atom is -0.355 e. The van der Waals surface area contributed by atoms with Crippen LogP contribution in [-0.2, 0) is 13.1 Å². The third-order valence-electron chi connectivity index (χ3n) is 3.69. The molecule has 1 heterocycles. The van der Waals surface area contributed by atoms with Crippen LogP contribution in [0.4, 0.5) is 0 Å². The summed E-state index contributed by atoms with van der Waals surface area (Å²) >= 11 is 0. The number of carbonyl (C=O) groups is 1. The van der Waals surface area contributed by atoms with Gasteiger partial charge in [-0.1, -0.05) is 12.1 Å². The molecule has 0 aliphatic rings. The van der Waals surface area contributed by atoms with Gasteiger partial charge in [0.1, 0.15) is 0 Å². The Morgan fingerprint density at radius 3 is 2.52 bits per heavy atom. The van der Waals surface area contributed by atoms with Gasteiger partial charge in [0.25, 0.3) is 5.91 Å². The minimum atomic E-state index is 0.00541. The quantitative estimate of drug-likeness (QED) is 0.612. The Hall–Kier alpha value is -2.83. The number of benzene rings is 1. The highest BCUT2D eigenvalue weighted by atomic mass is 16.2. The molecule has 134 valence electrons. The second-order valence-corrected chi connectivity index (χ2v) is 6.03. The second-order valence-electron chi connectivity index (χ2n) is 6.03. The predicted molar refractivity (Wildman–Crippen MR) is 99.6 cm³/mol. The van der Waals surface area contributed by atoms with E-state index in [4.69, 9.17) is 0 Å². The number of nitrogens with one attached hydrogen (secondary N) is 2. The fraction of sp³-hybridized carbons (Fsp3) is 0.389. The molecule has 0 radical (unpaired) electrons. The molecule has 25 heavy (non-hydrogen) atoms. The van der Waals surface area contributed by atoms with Crippen molar-refractivity contribution in [2.24, 2.45) is 4.99 Å². The number of nitrogens with zero attached hydrogens (tertiary/aromatic N) is 4. The van der Waals surface area contributed by atoms with Crippen LogP contribution in [0.5, 0.6) is 0 Å². The van der Waals surface area contributed by atoms with Crippen LogP contribution >= 0.6 is 0 Å². The Bertz CT molecular complexity index is 717. The van der Waals surface area contributed by atoms with Gasteiger partial charge in [0.2, 0.25) is 0 Å². The first-order chi connectivity index (χ1) is 12.0. The lowest BCUT2D eigenvalue weighted by Crippen LogP contribution is -2.38. The molecule has 0 bridgehead atoms. The van der Waals surface area contributed by atoms with Crippen LogP contribution in [0, 0.1) is 6.92 Å². The summed E-state index contributed by atoms with van der Waals surface area (Å²) in [5.41, 5.74) is 2.92. The van der Waals surface area contributed by atoms with E-state index in [1.165, 1.54) is 0 Å². The van der Waals surface area contributed by atoms with Gasteiger partial charge < -0.3 is 15.5 Å². The molecule has 2 N–H and O–H groups in total. The smallest absolute Gasteiger partial charge is 0.253 e. The molecule has 1 amide bonds. The third kappa shape index (κ3) is 5.63. The van der Waals surface area contributed by atoms with Crippen LogP contribution in [0.2, 0.25) is 0 Å². The van der Waals surface area contributed by atoms with Crippen molar-refractivity contribution in [3.8, 4) is 0 Å². The first kappa shape index (κ1) is 18.5. The van der Waals surface area contributed by atoms with Gasteiger partial charge in [0.15, 0.2) is 5.96 Å². The number of aromatic nitrogens is 2. The molecule has 0 aliphatic carbocycles. The number of hydrogen-bond donors (Lipinski definition) is 2. The van der Waals surface area contributed by atoms with Crippen LogP contribution in [0.3, 0.4) is 0 Å². The third-order valence-corrected chi connectivity index (χ3v) is 3.69. The Labute approximate surface area is 148 Å². The number of guanidine groups is 1. The highest BCUT2D eigenvalue weighted by Crippen LogP contribution is 2.06. The number of hydrogen-bond acceptors (Lipinski definition) is 3.